The zero-order valence-corrected chi connectivity index (χ0v) is 11.3. The molecule has 0 radical (unpaired) electrons. The van der Waals surface area contributed by atoms with Crippen LogP contribution < -0.4 is 10.6 Å². The van der Waals surface area contributed by atoms with Gasteiger partial charge in [-0.15, -0.1) is 0 Å². The van der Waals surface area contributed by atoms with Crippen LogP contribution in [0.2, 0.25) is 0 Å². The Balaban J connectivity index is 2.06. The van der Waals surface area contributed by atoms with Crippen LogP contribution in [0.5, 0.6) is 0 Å². The molecule has 1 amide bonds. The van der Waals surface area contributed by atoms with Crippen LogP contribution in [-0.4, -0.2) is 16.7 Å². The predicted octanol–water partition coefficient (Wildman–Crippen LogP) is 2.99. The molecule has 0 aliphatic carbocycles. The van der Waals surface area contributed by atoms with Crippen LogP contribution in [0.15, 0.2) is 42.6 Å². The molecule has 0 atom stereocenters. The van der Waals surface area contributed by atoms with Crippen LogP contribution >= 0.6 is 0 Å². The molecule has 1 heterocycles. The maximum absolute atomic E-state index is 11.2. The molecule has 1 aromatic heterocycles. The Morgan fingerprint density at radius 2 is 1.60 bits per heavy atom. The number of amides is 1. The van der Waals surface area contributed by atoms with Crippen molar-refractivity contribution in [2.45, 2.75) is 13.8 Å². The van der Waals surface area contributed by atoms with Crippen molar-refractivity contribution in [3.63, 3.8) is 0 Å². The van der Waals surface area contributed by atoms with Crippen LogP contribution in [0.1, 0.15) is 24.2 Å². The van der Waals surface area contributed by atoms with Crippen LogP contribution in [0.25, 0.3) is 0 Å². The maximum atomic E-state index is 11.2. The minimum atomic E-state index is -0.155. The second-order valence-corrected chi connectivity index (χ2v) is 4.37. The van der Waals surface area contributed by atoms with Gasteiger partial charge in [0, 0.05) is 18.2 Å². The second kappa shape index (κ2) is 5.97. The third-order valence-electron chi connectivity index (χ3n) is 2.65. The normalized spacial score (nSPS) is 9.90. The molecule has 102 valence electrons. The van der Waals surface area contributed by atoms with E-state index in [4.69, 9.17) is 0 Å². The van der Waals surface area contributed by atoms with Crippen LogP contribution in [0, 0.1) is 0 Å². The molecule has 1 aromatic carbocycles. The van der Waals surface area contributed by atoms with E-state index in [9.17, 15) is 9.59 Å². The van der Waals surface area contributed by atoms with E-state index in [0.29, 0.717) is 11.4 Å². The highest BCUT2D eigenvalue weighted by Gasteiger charge is 2.01. The summed E-state index contributed by atoms with van der Waals surface area (Å²) in [5.41, 5.74) is 2.34. The average Bonchev–Trinajstić information content (AvgIpc) is 2.41. The molecule has 0 unspecified atom stereocenters. The number of hydrogen-bond acceptors (Lipinski definition) is 4. The molecule has 5 nitrogen and oxygen atoms in total. The minimum Gasteiger partial charge on any atom is -0.354 e. The van der Waals surface area contributed by atoms with Gasteiger partial charge in [0.15, 0.2) is 5.78 Å². The molecule has 0 spiro atoms. The fraction of sp³-hybridized carbons (Fsp3) is 0.133. The first kappa shape index (κ1) is 13.7. The van der Waals surface area contributed by atoms with Gasteiger partial charge in [0.25, 0.3) is 0 Å². The van der Waals surface area contributed by atoms with E-state index >= 15 is 0 Å². The van der Waals surface area contributed by atoms with Crippen molar-refractivity contribution >= 4 is 28.9 Å². The quantitative estimate of drug-likeness (QED) is 0.837. The Labute approximate surface area is 117 Å². The Kier molecular flexibility index (Phi) is 4.10. The Morgan fingerprint density at radius 1 is 0.950 bits per heavy atom. The van der Waals surface area contributed by atoms with E-state index in [0.717, 1.165) is 11.4 Å². The summed E-state index contributed by atoms with van der Waals surface area (Å²) in [6.07, 6.45) is 1.63. The molecule has 5 heteroatoms. The van der Waals surface area contributed by atoms with Crippen LogP contribution in [-0.2, 0) is 4.79 Å². The summed E-state index contributed by atoms with van der Waals surface area (Å²) in [6.45, 7) is 2.97. The molecular formula is C15H15N3O2. The summed E-state index contributed by atoms with van der Waals surface area (Å²) in [5.74, 6) is 0.394. The van der Waals surface area contributed by atoms with E-state index in [1.165, 1.54) is 13.8 Å². The number of anilines is 3. The minimum absolute atomic E-state index is 0.0397. The summed E-state index contributed by atoms with van der Waals surface area (Å²) >= 11 is 0. The topological polar surface area (TPSA) is 71.1 Å². The third-order valence-corrected chi connectivity index (χ3v) is 2.65. The van der Waals surface area contributed by atoms with Crippen molar-refractivity contribution in [1.29, 1.82) is 0 Å². The molecule has 2 N–H and O–H groups in total. The number of nitrogens with zero attached hydrogens (tertiary/aromatic N) is 1. The fourth-order valence-electron chi connectivity index (χ4n) is 1.68. The predicted molar refractivity (Wildman–Crippen MR) is 78.3 cm³/mol. The van der Waals surface area contributed by atoms with Gasteiger partial charge in [-0.2, -0.15) is 0 Å². The molecule has 0 bridgehead atoms. The number of pyridine rings is 1. The third kappa shape index (κ3) is 3.65. The molecule has 0 aliphatic rings. The van der Waals surface area contributed by atoms with Gasteiger partial charge in [0.1, 0.15) is 5.82 Å². The van der Waals surface area contributed by atoms with Gasteiger partial charge in [-0.05, 0) is 43.3 Å². The Bertz CT molecular complexity index is 619. The summed E-state index contributed by atoms with van der Waals surface area (Å²) in [7, 11) is 0. The Morgan fingerprint density at radius 3 is 2.10 bits per heavy atom. The highest BCUT2D eigenvalue weighted by atomic mass is 16.1. The van der Waals surface area contributed by atoms with Crippen LogP contribution in [0.4, 0.5) is 17.2 Å². The van der Waals surface area contributed by atoms with Crippen molar-refractivity contribution in [1.82, 2.24) is 4.98 Å². The number of Topliss-reactive ketones (excluding diaryl/α,β-unsaturated/α-hetero) is 1. The highest BCUT2D eigenvalue weighted by molar-refractivity contribution is 5.94. The van der Waals surface area contributed by atoms with Gasteiger partial charge in [-0.3, -0.25) is 9.59 Å². The van der Waals surface area contributed by atoms with Gasteiger partial charge in [0.2, 0.25) is 5.91 Å². The van der Waals surface area contributed by atoms with Gasteiger partial charge < -0.3 is 10.6 Å². The lowest BCUT2D eigenvalue weighted by molar-refractivity contribution is -0.114. The molecule has 0 fully saturated rings. The van der Waals surface area contributed by atoms with Gasteiger partial charge in [-0.25, -0.2) is 4.98 Å². The fourth-order valence-corrected chi connectivity index (χ4v) is 1.68. The molecule has 0 aliphatic heterocycles. The summed E-state index contributed by atoms with van der Waals surface area (Å²) < 4.78 is 0. The summed E-state index contributed by atoms with van der Waals surface area (Å²) in [5, 5.41) is 5.76. The summed E-state index contributed by atoms with van der Waals surface area (Å²) in [6, 6.07) is 10.7. The van der Waals surface area contributed by atoms with Crippen molar-refractivity contribution < 1.29 is 9.59 Å². The number of carbonyl (C=O) groups excluding carboxylic acids is 2. The molecule has 2 rings (SSSR count). The first-order valence-electron chi connectivity index (χ1n) is 6.16. The monoisotopic (exact) mass is 269 g/mol. The lowest BCUT2D eigenvalue weighted by Crippen LogP contribution is -2.07. The van der Waals surface area contributed by atoms with Crippen molar-refractivity contribution in [2.24, 2.45) is 0 Å². The lowest BCUT2D eigenvalue weighted by Gasteiger charge is -2.07. The second-order valence-electron chi connectivity index (χ2n) is 4.37. The number of hydrogen-bond donors (Lipinski definition) is 2. The number of ketones is 1. The first-order valence-corrected chi connectivity index (χ1v) is 6.16. The van der Waals surface area contributed by atoms with E-state index in [1.807, 2.05) is 18.2 Å². The number of rotatable bonds is 4. The molecule has 2 aromatic rings. The maximum Gasteiger partial charge on any atom is 0.222 e. The largest absolute Gasteiger partial charge is 0.354 e. The molecule has 20 heavy (non-hydrogen) atoms. The van der Waals surface area contributed by atoms with Crippen LogP contribution in [0.3, 0.4) is 0 Å². The molecule has 0 saturated heterocycles. The SMILES string of the molecule is CC(=O)Nc1ccc(Nc2ccc(C(C)=O)cc2)cn1. The molecular weight excluding hydrogens is 254 g/mol. The van der Waals surface area contributed by atoms with Gasteiger partial charge in [-0.1, -0.05) is 0 Å². The van der Waals surface area contributed by atoms with E-state index in [2.05, 4.69) is 15.6 Å². The van der Waals surface area contributed by atoms with Gasteiger partial charge >= 0.3 is 0 Å². The number of carbonyl (C=O) groups is 2. The lowest BCUT2D eigenvalue weighted by atomic mass is 10.1. The average molecular weight is 269 g/mol. The first-order chi connectivity index (χ1) is 9.54. The number of aromatic nitrogens is 1. The number of nitrogens with one attached hydrogen (secondary N) is 2. The highest BCUT2D eigenvalue weighted by Crippen LogP contribution is 2.17. The Hall–Kier alpha value is -2.69. The summed E-state index contributed by atoms with van der Waals surface area (Å²) in [4.78, 5) is 26.2. The zero-order valence-electron chi connectivity index (χ0n) is 11.3. The number of benzene rings is 1. The standard InChI is InChI=1S/C15H15N3O2/c1-10(19)12-3-5-13(6-4-12)18-14-7-8-15(16-9-14)17-11(2)20/h3-9,18H,1-2H3,(H,16,17,20). The van der Waals surface area contributed by atoms with E-state index in [1.54, 1.807) is 24.4 Å². The van der Waals surface area contributed by atoms with Crippen molar-refractivity contribution in [3.8, 4) is 0 Å². The molecule has 0 saturated carbocycles. The zero-order chi connectivity index (χ0) is 14.5. The van der Waals surface area contributed by atoms with Gasteiger partial charge in [0.05, 0.1) is 11.9 Å². The van der Waals surface area contributed by atoms with E-state index < -0.39 is 0 Å². The van der Waals surface area contributed by atoms with Crippen molar-refractivity contribution in [3.05, 3.63) is 48.2 Å². The van der Waals surface area contributed by atoms with E-state index in [-0.39, 0.29) is 11.7 Å². The van der Waals surface area contributed by atoms with Crippen molar-refractivity contribution in [2.75, 3.05) is 10.6 Å². The smallest absolute Gasteiger partial charge is 0.222 e.